The van der Waals surface area contributed by atoms with Crippen molar-refractivity contribution in [2.24, 2.45) is 0 Å². The number of carbonyl (C=O) groups is 1. The van der Waals surface area contributed by atoms with Gasteiger partial charge in [0, 0.05) is 6.07 Å². The van der Waals surface area contributed by atoms with Gasteiger partial charge in [-0.25, -0.2) is 0 Å². The Hall–Kier alpha value is -2.80. The van der Waals surface area contributed by atoms with E-state index >= 15 is 0 Å². The summed E-state index contributed by atoms with van der Waals surface area (Å²) in [6.07, 6.45) is 0. The normalized spacial score (nSPS) is 10.3. The summed E-state index contributed by atoms with van der Waals surface area (Å²) in [5, 5.41) is 5.68. The lowest BCUT2D eigenvalue weighted by molar-refractivity contribution is -0.121. The van der Waals surface area contributed by atoms with Gasteiger partial charge in [-0.3, -0.25) is 10.1 Å². The van der Waals surface area contributed by atoms with Crippen LogP contribution in [0.4, 0.5) is 5.69 Å². The molecule has 7 heteroatoms. The minimum Gasteiger partial charge on any atom is -0.497 e. The van der Waals surface area contributed by atoms with Crippen molar-refractivity contribution in [2.75, 3.05) is 26.1 Å². The zero-order chi connectivity index (χ0) is 19.8. The molecule has 0 saturated heterocycles. The zero-order valence-corrected chi connectivity index (χ0v) is 16.7. The van der Waals surface area contributed by atoms with Crippen molar-refractivity contribution in [1.29, 1.82) is 0 Å². The molecule has 6 nitrogen and oxygen atoms in total. The van der Waals surface area contributed by atoms with E-state index in [4.69, 9.17) is 26.4 Å². The van der Waals surface area contributed by atoms with Crippen LogP contribution in [0.15, 0.2) is 42.5 Å². The van der Waals surface area contributed by atoms with Gasteiger partial charge in [-0.2, -0.15) is 0 Å². The minimum atomic E-state index is -0.354. The van der Waals surface area contributed by atoms with E-state index in [1.165, 1.54) is 0 Å². The van der Waals surface area contributed by atoms with Crippen molar-refractivity contribution >= 4 is 28.9 Å². The van der Waals surface area contributed by atoms with Crippen LogP contribution in [-0.2, 0) is 4.79 Å². The number of carbonyl (C=O) groups excluding carboxylic acids is 1. The first-order chi connectivity index (χ1) is 12.9. The van der Waals surface area contributed by atoms with Crippen LogP contribution in [0.5, 0.6) is 17.2 Å². The first kappa shape index (κ1) is 20.5. The Morgan fingerprint density at radius 2 is 1.81 bits per heavy atom. The van der Waals surface area contributed by atoms with Gasteiger partial charge in [0.1, 0.15) is 17.2 Å². The van der Waals surface area contributed by atoms with Crippen LogP contribution in [0, 0.1) is 0 Å². The standard InChI is InChI=1S/C20H24N2O4S/c1-13(2)15-7-5-6-8-17(15)26-12-19(23)22-20(27)21-16-11-14(24-3)9-10-18(16)25-4/h5-11,13H,12H2,1-4H3,(H2,21,22,23,27). The molecule has 0 unspecified atom stereocenters. The lowest BCUT2D eigenvalue weighted by Crippen LogP contribution is -2.37. The van der Waals surface area contributed by atoms with Crippen molar-refractivity contribution in [3.63, 3.8) is 0 Å². The first-order valence-electron chi connectivity index (χ1n) is 8.49. The fourth-order valence-corrected chi connectivity index (χ4v) is 2.68. The number of amides is 1. The Morgan fingerprint density at radius 1 is 1.07 bits per heavy atom. The molecular formula is C20H24N2O4S. The van der Waals surface area contributed by atoms with Gasteiger partial charge in [0.05, 0.1) is 19.9 Å². The molecule has 0 fully saturated rings. The summed E-state index contributed by atoms with van der Waals surface area (Å²) in [5.41, 5.74) is 1.64. The van der Waals surface area contributed by atoms with E-state index in [0.29, 0.717) is 28.9 Å². The van der Waals surface area contributed by atoms with E-state index in [2.05, 4.69) is 24.5 Å². The van der Waals surface area contributed by atoms with E-state index < -0.39 is 0 Å². The van der Waals surface area contributed by atoms with Gasteiger partial charge < -0.3 is 19.5 Å². The van der Waals surface area contributed by atoms with Crippen LogP contribution < -0.4 is 24.8 Å². The number of ether oxygens (including phenoxy) is 3. The van der Waals surface area contributed by atoms with Gasteiger partial charge in [0.2, 0.25) is 0 Å². The minimum absolute atomic E-state index is 0.138. The Labute approximate surface area is 164 Å². The van der Waals surface area contributed by atoms with Gasteiger partial charge in [-0.05, 0) is 41.9 Å². The molecule has 0 aliphatic rings. The molecule has 0 spiro atoms. The van der Waals surface area contributed by atoms with Crippen LogP contribution >= 0.6 is 12.2 Å². The van der Waals surface area contributed by atoms with Gasteiger partial charge in [0.25, 0.3) is 5.91 Å². The van der Waals surface area contributed by atoms with Crippen molar-refractivity contribution in [3.05, 3.63) is 48.0 Å². The van der Waals surface area contributed by atoms with Gasteiger partial charge >= 0.3 is 0 Å². The summed E-state index contributed by atoms with van der Waals surface area (Å²) in [6.45, 7) is 4.01. The second-order valence-electron chi connectivity index (χ2n) is 6.05. The predicted molar refractivity (Wildman–Crippen MR) is 110 cm³/mol. The maximum atomic E-state index is 12.2. The average Bonchev–Trinajstić information content (AvgIpc) is 2.66. The Bertz CT molecular complexity index is 808. The molecule has 0 radical (unpaired) electrons. The number of hydrogen-bond acceptors (Lipinski definition) is 5. The molecule has 0 aromatic heterocycles. The number of methoxy groups -OCH3 is 2. The van der Waals surface area contributed by atoms with Crippen molar-refractivity contribution in [3.8, 4) is 17.2 Å². The number of para-hydroxylation sites is 1. The van der Waals surface area contributed by atoms with Gasteiger partial charge in [-0.1, -0.05) is 32.0 Å². The maximum absolute atomic E-state index is 12.2. The number of thiocarbonyl (C=S) groups is 1. The number of rotatable bonds is 7. The first-order valence-corrected chi connectivity index (χ1v) is 8.90. The fraction of sp³-hybridized carbons (Fsp3) is 0.300. The second-order valence-corrected chi connectivity index (χ2v) is 6.46. The topological polar surface area (TPSA) is 68.8 Å². The molecule has 0 aliphatic carbocycles. The summed E-state index contributed by atoms with van der Waals surface area (Å²) in [5.74, 6) is 1.85. The van der Waals surface area contributed by atoms with Crippen LogP contribution in [0.25, 0.3) is 0 Å². The number of anilines is 1. The molecule has 0 aliphatic heterocycles. The van der Waals surface area contributed by atoms with Gasteiger partial charge in [0.15, 0.2) is 11.7 Å². The van der Waals surface area contributed by atoms with Gasteiger partial charge in [-0.15, -0.1) is 0 Å². The largest absolute Gasteiger partial charge is 0.497 e. The predicted octanol–water partition coefficient (Wildman–Crippen LogP) is 3.72. The summed E-state index contributed by atoms with van der Waals surface area (Å²) in [6, 6.07) is 12.9. The molecule has 0 heterocycles. The Balaban J connectivity index is 1.94. The Morgan fingerprint density at radius 3 is 2.48 bits per heavy atom. The highest BCUT2D eigenvalue weighted by molar-refractivity contribution is 7.80. The third-order valence-corrected chi connectivity index (χ3v) is 4.01. The Kier molecular flexibility index (Phi) is 7.43. The molecule has 2 N–H and O–H groups in total. The highest BCUT2D eigenvalue weighted by atomic mass is 32.1. The molecule has 144 valence electrons. The lowest BCUT2D eigenvalue weighted by Gasteiger charge is -2.15. The molecule has 2 aromatic carbocycles. The van der Waals surface area contributed by atoms with E-state index in [1.54, 1.807) is 32.4 Å². The highest BCUT2D eigenvalue weighted by Gasteiger charge is 2.12. The van der Waals surface area contributed by atoms with Crippen molar-refractivity contribution in [1.82, 2.24) is 5.32 Å². The quantitative estimate of drug-likeness (QED) is 0.705. The lowest BCUT2D eigenvalue weighted by atomic mass is 10.0. The summed E-state index contributed by atoms with van der Waals surface area (Å²) >= 11 is 5.20. The van der Waals surface area contributed by atoms with Crippen LogP contribution in [0.3, 0.4) is 0 Å². The van der Waals surface area contributed by atoms with E-state index in [1.807, 2.05) is 24.3 Å². The molecule has 0 atom stereocenters. The van der Waals surface area contributed by atoms with E-state index in [0.717, 1.165) is 5.56 Å². The third-order valence-electron chi connectivity index (χ3n) is 3.81. The van der Waals surface area contributed by atoms with Crippen molar-refractivity contribution in [2.45, 2.75) is 19.8 Å². The summed E-state index contributed by atoms with van der Waals surface area (Å²) in [4.78, 5) is 12.2. The number of nitrogens with one attached hydrogen (secondary N) is 2. The highest BCUT2D eigenvalue weighted by Crippen LogP contribution is 2.29. The number of benzene rings is 2. The molecular weight excluding hydrogens is 364 g/mol. The summed E-state index contributed by atoms with van der Waals surface area (Å²) in [7, 11) is 3.12. The van der Waals surface area contributed by atoms with Crippen LogP contribution in [0.1, 0.15) is 25.3 Å². The van der Waals surface area contributed by atoms with Crippen molar-refractivity contribution < 1.29 is 19.0 Å². The molecule has 0 bridgehead atoms. The third kappa shape index (κ3) is 5.86. The second kappa shape index (κ2) is 9.78. The van der Waals surface area contributed by atoms with E-state index in [9.17, 15) is 4.79 Å². The maximum Gasteiger partial charge on any atom is 0.264 e. The SMILES string of the molecule is COc1ccc(OC)c(NC(=S)NC(=O)COc2ccccc2C(C)C)c1. The fourth-order valence-electron chi connectivity index (χ4n) is 2.46. The molecule has 1 amide bonds. The number of hydrogen-bond donors (Lipinski definition) is 2. The van der Waals surface area contributed by atoms with E-state index in [-0.39, 0.29) is 17.6 Å². The average molecular weight is 388 g/mol. The molecule has 27 heavy (non-hydrogen) atoms. The molecule has 2 aromatic rings. The van der Waals surface area contributed by atoms with Crippen LogP contribution in [0.2, 0.25) is 0 Å². The smallest absolute Gasteiger partial charge is 0.264 e. The van der Waals surface area contributed by atoms with Crippen LogP contribution in [-0.4, -0.2) is 31.8 Å². The molecule has 2 rings (SSSR count). The monoisotopic (exact) mass is 388 g/mol. The molecule has 0 saturated carbocycles. The summed E-state index contributed by atoms with van der Waals surface area (Å²) < 4.78 is 16.1. The zero-order valence-electron chi connectivity index (χ0n) is 15.9.